The first kappa shape index (κ1) is 22.6. The number of methoxy groups -OCH3 is 3. The van der Waals surface area contributed by atoms with E-state index in [9.17, 15) is 5.11 Å². The lowest BCUT2D eigenvalue weighted by Gasteiger charge is -2.11. The van der Waals surface area contributed by atoms with Gasteiger partial charge in [0.25, 0.3) is 0 Å². The molecule has 0 saturated heterocycles. The van der Waals surface area contributed by atoms with Crippen LogP contribution in [0.3, 0.4) is 0 Å². The van der Waals surface area contributed by atoms with E-state index in [1.54, 1.807) is 38.3 Å². The molecule has 0 aliphatic carbocycles. The molecule has 0 saturated carbocycles. The molecule has 0 unspecified atom stereocenters. The van der Waals surface area contributed by atoms with Gasteiger partial charge in [-0.3, -0.25) is 4.99 Å². The molecule has 0 bridgehead atoms. The van der Waals surface area contributed by atoms with E-state index in [1.165, 1.54) is 11.3 Å². The van der Waals surface area contributed by atoms with Crippen LogP contribution in [0.15, 0.2) is 70.1 Å². The van der Waals surface area contributed by atoms with Crippen LogP contribution in [0.2, 0.25) is 0 Å². The van der Waals surface area contributed by atoms with Crippen LogP contribution in [0.4, 0.5) is 0 Å². The minimum Gasteiger partial charge on any atom is -0.507 e. The van der Waals surface area contributed by atoms with Crippen LogP contribution in [0.25, 0.3) is 22.0 Å². The minimum absolute atomic E-state index is 0.159. The zero-order chi connectivity index (χ0) is 23.2. The molecule has 1 aromatic heterocycles. The van der Waals surface area contributed by atoms with Gasteiger partial charge in [0.2, 0.25) is 4.80 Å². The Morgan fingerprint density at radius 2 is 1.88 bits per heavy atom. The van der Waals surface area contributed by atoms with Crippen molar-refractivity contribution in [1.29, 1.82) is 0 Å². The monoisotopic (exact) mass is 463 g/mol. The van der Waals surface area contributed by atoms with Crippen LogP contribution in [-0.4, -0.2) is 50.5 Å². The minimum atomic E-state index is 0.159. The number of ether oxygens (including phenoxy) is 3. The molecule has 4 aromatic rings. The molecular formula is C25H25N3O4S. The maximum absolute atomic E-state index is 10.5. The molecule has 0 atom stereocenters. The predicted octanol–water partition coefficient (Wildman–Crippen LogP) is 4.52. The van der Waals surface area contributed by atoms with Gasteiger partial charge in [0.15, 0.2) is 0 Å². The first-order chi connectivity index (χ1) is 16.2. The van der Waals surface area contributed by atoms with Crippen molar-refractivity contribution in [3.8, 4) is 28.5 Å². The van der Waals surface area contributed by atoms with Crippen LogP contribution in [0, 0.1) is 0 Å². The zero-order valence-electron chi connectivity index (χ0n) is 18.7. The molecule has 4 rings (SSSR count). The second-order valence-electron chi connectivity index (χ2n) is 7.12. The number of benzene rings is 3. The van der Waals surface area contributed by atoms with Gasteiger partial charge in [-0.1, -0.05) is 30.3 Å². The Labute approximate surface area is 195 Å². The molecule has 1 heterocycles. The standard InChI is InChI=1S/C25H25N3O4S/c1-30-13-12-26-25-28(22(16-33-25)20-14-18(31-2)9-11-24(20)32-3)27-15-21-19-7-5-4-6-17(19)8-10-23(21)29/h4-11,14-16,29H,12-13H2,1-3H3/b26-25?,27-15+. The lowest BCUT2D eigenvalue weighted by molar-refractivity contribution is 0.207. The fourth-order valence-corrected chi connectivity index (χ4v) is 4.34. The molecule has 170 valence electrons. The molecule has 0 radical (unpaired) electrons. The highest BCUT2D eigenvalue weighted by Gasteiger charge is 2.14. The summed E-state index contributed by atoms with van der Waals surface area (Å²) in [6.45, 7) is 1.00. The summed E-state index contributed by atoms with van der Waals surface area (Å²) >= 11 is 1.47. The number of hydrogen-bond donors (Lipinski definition) is 1. The highest BCUT2D eigenvalue weighted by molar-refractivity contribution is 7.07. The molecule has 3 aromatic carbocycles. The Bertz CT molecular complexity index is 1360. The van der Waals surface area contributed by atoms with Gasteiger partial charge in [-0.2, -0.15) is 5.10 Å². The third-order valence-electron chi connectivity index (χ3n) is 5.16. The highest BCUT2D eigenvalue weighted by Crippen LogP contribution is 2.34. The summed E-state index contributed by atoms with van der Waals surface area (Å²) in [5.74, 6) is 1.55. The van der Waals surface area contributed by atoms with E-state index >= 15 is 0 Å². The number of fused-ring (bicyclic) bond motifs is 1. The van der Waals surface area contributed by atoms with Crippen molar-refractivity contribution in [3.05, 3.63) is 70.3 Å². The molecule has 0 fully saturated rings. The van der Waals surface area contributed by atoms with E-state index in [1.807, 2.05) is 53.9 Å². The molecule has 1 N–H and O–H groups in total. The van der Waals surface area contributed by atoms with Crippen molar-refractivity contribution >= 4 is 28.3 Å². The number of thiazole rings is 1. The Morgan fingerprint density at radius 1 is 1.03 bits per heavy atom. The van der Waals surface area contributed by atoms with Crippen molar-refractivity contribution in [3.63, 3.8) is 0 Å². The van der Waals surface area contributed by atoms with Crippen molar-refractivity contribution < 1.29 is 19.3 Å². The van der Waals surface area contributed by atoms with Gasteiger partial charge in [0.05, 0.1) is 39.3 Å². The average Bonchev–Trinajstić information content (AvgIpc) is 3.25. The van der Waals surface area contributed by atoms with Crippen LogP contribution in [0.5, 0.6) is 17.2 Å². The molecule has 7 nitrogen and oxygen atoms in total. The number of phenols is 1. The van der Waals surface area contributed by atoms with Crippen LogP contribution in [0.1, 0.15) is 5.56 Å². The van der Waals surface area contributed by atoms with Gasteiger partial charge in [-0.25, -0.2) is 4.68 Å². The maximum atomic E-state index is 10.5. The van der Waals surface area contributed by atoms with Crippen molar-refractivity contribution in [1.82, 2.24) is 4.68 Å². The molecule has 8 heteroatoms. The van der Waals surface area contributed by atoms with Gasteiger partial charge in [-0.15, -0.1) is 11.3 Å². The topological polar surface area (TPSA) is 77.6 Å². The quantitative estimate of drug-likeness (QED) is 0.308. The summed E-state index contributed by atoms with van der Waals surface area (Å²) in [6, 6.07) is 17.0. The fraction of sp³-hybridized carbons (Fsp3) is 0.200. The SMILES string of the molecule is COCCN=c1scc(-c2cc(OC)ccc2OC)n1/N=C/c1c(O)ccc2ccccc12. The zero-order valence-corrected chi connectivity index (χ0v) is 19.5. The van der Waals surface area contributed by atoms with E-state index in [4.69, 9.17) is 19.3 Å². The Morgan fingerprint density at radius 3 is 2.67 bits per heavy atom. The fourth-order valence-electron chi connectivity index (χ4n) is 3.49. The largest absolute Gasteiger partial charge is 0.507 e. The van der Waals surface area contributed by atoms with Crippen molar-refractivity contribution in [2.45, 2.75) is 0 Å². The van der Waals surface area contributed by atoms with Crippen molar-refractivity contribution in [2.75, 3.05) is 34.5 Å². The van der Waals surface area contributed by atoms with E-state index in [2.05, 4.69) is 4.99 Å². The molecule has 33 heavy (non-hydrogen) atoms. The van der Waals surface area contributed by atoms with E-state index in [0.717, 1.165) is 22.0 Å². The van der Waals surface area contributed by atoms with Crippen LogP contribution >= 0.6 is 11.3 Å². The molecule has 0 spiro atoms. The highest BCUT2D eigenvalue weighted by atomic mass is 32.1. The predicted molar refractivity (Wildman–Crippen MR) is 132 cm³/mol. The summed E-state index contributed by atoms with van der Waals surface area (Å²) in [5, 5.41) is 19.2. The summed E-state index contributed by atoms with van der Waals surface area (Å²) in [7, 11) is 4.90. The number of nitrogens with zero attached hydrogens (tertiary/aromatic N) is 3. The normalized spacial score (nSPS) is 12.0. The van der Waals surface area contributed by atoms with Gasteiger partial charge < -0.3 is 19.3 Å². The van der Waals surface area contributed by atoms with Gasteiger partial charge in [0.1, 0.15) is 17.2 Å². The first-order valence-electron chi connectivity index (χ1n) is 10.3. The summed E-state index contributed by atoms with van der Waals surface area (Å²) in [5.41, 5.74) is 2.25. The average molecular weight is 464 g/mol. The third-order valence-corrected chi connectivity index (χ3v) is 6.01. The first-order valence-corrected chi connectivity index (χ1v) is 11.2. The molecule has 0 aliphatic heterocycles. The lowest BCUT2D eigenvalue weighted by atomic mass is 10.0. The molecular weight excluding hydrogens is 438 g/mol. The van der Waals surface area contributed by atoms with E-state index in [0.29, 0.717) is 35.0 Å². The summed E-state index contributed by atoms with van der Waals surface area (Å²) in [4.78, 5) is 5.34. The number of hydrogen-bond acceptors (Lipinski definition) is 7. The van der Waals surface area contributed by atoms with Gasteiger partial charge >= 0.3 is 0 Å². The number of rotatable bonds is 8. The third kappa shape index (κ3) is 4.76. The molecule has 0 aliphatic rings. The second-order valence-corrected chi connectivity index (χ2v) is 7.96. The van der Waals surface area contributed by atoms with E-state index < -0.39 is 0 Å². The molecule has 0 amide bonds. The van der Waals surface area contributed by atoms with Gasteiger partial charge in [-0.05, 0) is 35.0 Å². The number of aromatic hydroxyl groups is 1. The summed E-state index contributed by atoms with van der Waals surface area (Å²) in [6.07, 6.45) is 1.66. The maximum Gasteiger partial charge on any atom is 0.206 e. The smallest absolute Gasteiger partial charge is 0.206 e. The number of aromatic nitrogens is 1. The number of phenolic OH excluding ortho intramolecular Hbond substituents is 1. The Hall–Kier alpha value is -3.62. The van der Waals surface area contributed by atoms with Crippen LogP contribution < -0.4 is 14.3 Å². The lowest BCUT2D eigenvalue weighted by Crippen LogP contribution is -2.14. The Kier molecular flexibility index (Phi) is 7.07. The van der Waals surface area contributed by atoms with Crippen molar-refractivity contribution in [2.24, 2.45) is 10.1 Å². The Balaban J connectivity index is 1.89. The van der Waals surface area contributed by atoms with Crippen LogP contribution in [-0.2, 0) is 4.74 Å². The van der Waals surface area contributed by atoms with E-state index in [-0.39, 0.29) is 5.75 Å². The second kappa shape index (κ2) is 10.3. The summed E-state index contributed by atoms with van der Waals surface area (Å²) < 4.78 is 17.9. The van der Waals surface area contributed by atoms with Gasteiger partial charge in [0, 0.05) is 23.6 Å².